The standard InChI is InChI=1S/C14H16N4O/c1-18-9-16-13(17-18)8-15-14(19)12-7-3-5-10-4-2-6-11(10)12/h3,5,7,9H,2,4,6,8H2,1H3,(H,15,19). The van der Waals surface area contributed by atoms with Gasteiger partial charge in [-0.1, -0.05) is 12.1 Å². The van der Waals surface area contributed by atoms with E-state index >= 15 is 0 Å². The summed E-state index contributed by atoms with van der Waals surface area (Å²) in [5.41, 5.74) is 3.31. The van der Waals surface area contributed by atoms with Gasteiger partial charge in [0.25, 0.3) is 5.91 Å². The quantitative estimate of drug-likeness (QED) is 0.898. The first-order chi connectivity index (χ1) is 9.24. The number of hydrogen-bond acceptors (Lipinski definition) is 3. The number of rotatable bonds is 3. The number of benzene rings is 1. The van der Waals surface area contributed by atoms with Gasteiger partial charge in [-0.15, -0.1) is 0 Å². The average Bonchev–Trinajstić information content (AvgIpc) is 3.03. The van der Waals surface area contributed by atoms with E-state index in [4.69, 9.17) is 0 Å². The van der Waals surface area contributed by atoms with E-state index in [1.54, 1.807) is 11.0 Å². The van der Waals surface area contributed by atoms with Crippen molar-refractivity contribution in [3.63, 3.8) is 0 Å². The zero-order valence-corrected chi connectivity index (χ0v) is 10.9. The molecule has 0 spiro atoms. The fraction of sp³-hybridized carbons (Fsp3) is 0.357. The average molecular weight is 256 g/mol. The summed E-state index contributed by atoms with van der Waals surface area (Å²) in [6, 6.07) is 5.96. The Morgan fingerprint density at radius 2 is 2.32 bits per heavy atom. The van der Waals surface area contributed by atoms with Crippen molar-refractivity contribution in [2.75, 3.05) is 0 Å². The van der Waals surface area contributed by atoms with E-state index in [0.29, 0.717) is 12.4 Å². The summed E-state index contributed by atoms with van der Waals surface area (Å²) < 4.78 is 1.63. The van der Waals surface area contributed by atoms with Crippen LogP contribution in [0.5, 0.6) is 0 Å². The Morgan fingerprint density at radius 3 is 3.11 bits per heavy atom. The number of nitrogens with zero attached hydrogens (tertiary/aromatic N) is 3. The zero-order valence-electron chi connectivity index (χ0n) is 10.9. The Kier molecular flexibility index (Phi) is 3.03. The minimum atomic E-state index is -0.0359. The highest BCUT2D eigenvalue weighted by molar-refractivity contribution is 5.96. The molecule has 0 saturated carbocycles. The molecule has 0 radical (unpaired) electrons. The van der Waals surface area contributed by atoms with Crippen LogP contribution in [0.25, 0.3) is 0 Å². The summed E-state index contributed by atoms with van der Waals surface area (Å²) >= 11 is 0. The normalized spacial score (nSPS) is 13.3. The molecule has 1 aliphatic rings. The molecule has 1 amide bonds. The third-order valence-corrected chi connectivity index (χ3v) is 3.44. The van der Waals surface area contributed by atoms with Gasteiger partial charge in [-0.25, -0.2) is 4.98 Å². The van der Waals surface area contributed by atoms with E-state index in [2.05, 4.69) is 21.5 Å². The van der Waals surface area contributed by atoms with Crippen LogP contribution in [0.1, 0.15) is 33.7 Å². The molecule has 2 aromatic rings. The van der Waals surface area contributed by atoms with Crippen LogP contribution in [0.4, 0.5) is 0 Å². The number of carbonyl (C=O) groups excluding carboxylic acids is 1. The van der Waals surface area contributed by atoms with Crippen LogP contribution < -0.4 is 5.32 Å². The Bertz CT molecular complexity index is 618. The van der Waals surface area contributed by atoms with Gasteiger partial charge in [0.2, 0.25) is 0 Å². The van der Waals surface area contributed by atoms with Crippen molar-refractivity contribution in [2.45, 2.75) is 25.8 Å². The smallest absolute Gasteiger partial charge is 0.251 e. The van der Waals surface area contributed by atoms with Crippen molar-refractivity contribution in [1.29, 1.82) is 0 Å². The van der Waals surface area contributed by atoms with Gasteiger partial charge in [0, 0.05) is 12.6 Å². The predicted molar refractivity (Wildman–Crippen MR) is 70.6 cm³/mol. The van der Waals surface area contributed by atoms with E-state index in [9.17, 15) is 4.79 Å². The molecule has 1 aliphatic carbocycles. The molecule has 0 bridgehead atoms. The molecule has 0 atom stereocenters. The number of carbonyl (C=O) groups is 1. The largest absolute Gasteiger partial charge is 0.345 e. The predicted octanol–water partition coefficient (Wildman–Crippen LogP) is 1.23. The zero-order chi connectivity index (χ0) is 13.2. The number of fused-ring (bicyclic) bond motifs is 1. The lowest BCUT2D eigenvalue weighted by atomic mass is 10.0. The maximum absolute atomic E-state index is 12.2. The van der Waals surface area contributed by atoms with Crippen molar-refractivity contribution in [1.82, 2.24) is 20.1 Å². The third kappa shape index (κ3) is 2.36. The van der Waals surface area contributed by atoms with Crippen LogP contribution in [0.3, 0.4) is 0 Å². The molecular weight excluding hydrogens is 240 g/mol. The van der Waals surface area contributed by atoms with E-state index in [0.717, 1.165) is 24.8 Å². The molecule has 19 heavy (non-hydrogen) atoms. The Labute approximate surface area is 111 Å². The van der Waals surface area contributed by atoms with Crippen LogP contribution in [-0.2, 0) is 26.4 Å². The van der Waals surface area contributed by atoms with Gasteiger partial charge in [0.05, 0.1) is 6.54 Å². The highest BCUT2D eigenvalue weighted by Gasteiger charge is 2.18. The minimum absolute atomic E-state index is 0.0359. The van der Waals surface area contributed by atoms with Gasteiger partial charge in [-0.05, 0) is 36.5 Å². The van der Waals surface area contributed by atoms with Crippen molar-refractivity contribution in [3.05, 3.63) is 47.0 Å². The van der Waals surface area contributed by atoms with Crippen LogP contribution >= 0.6 is 0 Å². The third-order valence-electron chi connectivity index (χ3n) is 3.44. The molecule has 1 aromatic heterocycles. The molecule has 3 rings (SSSR count). The summed E-state index contributed by atoms with van der Waals surface area (Å²) in [5.74, 6) is 0.592. The monoisotopic (exact) mass is 256 g/mol. The molecule has 5 nitrogen and oxygen atoms in total. The first-order valence-electron chi connectivity index (χ1n) is 6.47. The van der Waals surface area contributed by atoms with Gasteiger partial charge in [-0.2, -0.15) is 5.10 Å². The van der Waals surface area contributed by atoms with E-state index in [1.165, 1.54) is 11.1 Å². The molecule has 0 saturated heterocycles. The highest BCUT2D eigenvalue weighted by atomic mass is 16.1. The van der Waals surface area contributed by atoms with Crippen LogP contribution in [-0.4, -0.2) is 20.7 Å². The number of nitrogens with one attached hydrogen (secondary N) is 1. The number of amides is 1. The summed E-state index contributed by atoms with van der Waals surface area (Å²) in [6.45, 7) is 0.364. The Hall–Kier alpha value is -2.17. The Morgan fingerprint density at radius 1 is 1.42 bits per heavy atom. The molecule has 1 N–H and O–H groups in total. The van der Waals surface area contributed by atoms with Gasteiger partial charge >= 0.3 is 0 Å². The summed E-state index contributed by atoms with van der Waals surface area (Å²) in [6.07, 6.45) is 4.85. The molecule has 1 aromatic carbocycles. The van der Waals surface area contributed by atoms with E-state index in [-0.39, 0.29) is 5.91 Å². The van der Waals surface area contributed by atoms with Crippen LogP contribution in [0.15, 0.2) is 24.5 Å². The lowest BCUT2D eigenvalue weighted by Gasteiger charge is -2.08. The number of aromatic nitrogens is 3. The van der Waals surface area contributed by atoms with E-state index in [1.807, 2.05) is 19.2 Å². The molecular formula is C14H16N4O. The molecule has 0 unspecified atom stereocenters. The van der Waals surface area contributed by atoms with Crippen molar-refractivity contribution in [2.24, 2.45) is 7.05 Å². The molecule has 0 fully saturated rings. The van der Waals surface area contributed by atoms with Crippen molar-refractivity contribution < 1.29 is 4.79 Å². The Balaban J connectivity index is 1.72. The second-order valence-electron chi connectivity index (χ2n) is 4.81. The topological polar surface area (TPSA) is 59.8 Å². The first-order valence-corrected chi connectivity index (χ1v) is 6.47. The van der Waals surface area contributed by atoms with Gasteiger partial charge in [0.15, 0.2) is 5.82 Å². The maximum atomic E-state index is 12.2. The second kappa shape index (κ2) is 4.84. The van der Waals surface area contributed by atoms with Gasteiger partial charge in [-0.3, -0.25) is 9.48 Å². The lowest BCUT2D eigenvalue weighted by molar-refractivity contribution is 0.0949. The number of hydrogen-bond donors (Lipinski definition) is 1. The van der Waals surface area contributed by atoms with Crippen LogP contribution in [0, 0.1) is 0 Å². The summed E-state index contributed by atoms with van der Waals surface area (Å²) in [7, 11) is 1.81. The summed E-state index contributed by atoms with van der Waals surface area (Å²) in [5, 5.41) is 7.02. The lowest BCUT2D eigenvalue weighted by Crippen LogP contribution is -2.24. The fourth-order valence-corrected chi connectivity index (χ4v) is 2.55. The SMILES string of the molecule is Cn1cnc(CNC(=O)c2cccc3c2CCC3)n1. The fourth-order valence-electron chi connectivity index (χ4n) is 2.55. The summed E-state index contributed by atoms with van der Waals surface area (Å²) in [4.78, 5) is 16.3. The van der Waals surface area contributed by atoms with Crippen LogP contribution in [0.2, 0.25) is 0 Å². The van der Waals surface area contributed by atoms with Crippen molar-refractivity contribution >= 4 is 5.91 Å². The molecule has 5 heteroatoms. The second-order valence-corrected chi connectivity index (χ2v) is 4.81. The van der Waals surface area contributed by atoms with Gasteiger partial charge in [0.1, 0.15) is 6.33 Å². The van der Waals surface area contributed by atoms with Crippen molar-refractivity contribution in [3.8, 4) is 0 Å². The van der Waals surface area contributed by atoms with E-state index < -0.39 is 0 Å². The minimum Gasteiger partial charge on any atom is -0.345 e. The highest BCUT2D eigenvalue weighted by Crippen LogP contribution is 2.25. The number of aryl methyl sites for hydroxylation is 2. The molecule has 98 valence electrons. The molecule has 1 heterocycles. The maximum Gasteiger partial charge on any atom is 0.251 e. The first kappa shape index (κ1) is 11.9. The van der Waals surface area contributed by atoms with Gasteiger partial charge < -0.3 is 5.32 Å². The molecule has 0 aliphatic heterocycles.